The third-order valence-electron chi connectivity index (χ3n) is 3.99. The number of esters is 1. The minimum atomic E-state index is -0.520. The topological polar surface area (TPSA) is 57.0 Å². The van der Waals surface area contributed by atoms with Crippen molar-refractivity contribution in [3.8, 4) is 5.69 Å². The van der Waals surface area contributed by atoms with E-state index in [1.54, 1.807) is 17.7 Å². The van der Waals surface area contributed by atoms with Crippen molar-refractivity contribution in [3.63, 3.8) is 0 Å². The highest BCUT2D eigenvalue weighted by Crippen LogP contribution is 2.18. The molecule has 0 saturated heterocycles. The van der Waals surface area contributed by atoms with E-state index in [4.69, 9.17) is 16.3 Å². The summed E-state index contributed by atoms with van der Waals surface area (Å²) < 4.78 is 6.95. The van der Waals surface area contributed by atoms with E-state index in [1.807, 2.05) is 42.5 Å². The van der Waals surface area contributed by atoms with Gasteiger partial charge in [-0.2, -0.15) is 0 Å². The molecular formula is C19H18ClN3O2. The molecule has 0 spiro atoms. The van der Waals surface area contributed by atoms with Crippen LogP contribution in [0.3, 0.4) is 0 Å². The number of nitrogens with zero attached hydrogens (tertiary/aromatic N) is 3. The van der Waals surface area contributed by atoms with Gasteiger partial charge >= 0.3 is 5.97 Å². The number of ether oxygens (including phenoxy) is 1. The summed E-state index contributed by atoms with van der Waals surface area (Å²) in [7, 11) is 0. The number of carbonyl (C=O) groups excluding carboxylic acids is 1. The van der Waals surface area contributed by atoms with E-state index >= 15 is 0 Å². The number of aromatic nitrogens is 3. The minimum Gasteiger partial charge on any atom is -0.456 e. The zero-order valence-corrected chi connectivity index (χ0v) is 14.8. The summed E-state index contributed by atoms with van der Waals surface area (Å²) in [6.07, 6.45) is 0.968. The van der Waals surface area contributed by atoms with Crippen molar-refractivity contribution in [1.82, 2.24) is 15.0 Å². The summed E-state index contributed by atoms with van der Waals surface area (Å²) in [5, 5.41) is 8.61. The Labute approximate surface area is 151 Å². The van der Waals surface area contributed by atoms with E-state index < -0.39 is 5.97 Å². The van der Waals surface area contributed by atoms with E-state index in [2.05, 4.69) is 17.2 Å². The van der Waals surface area contributed by atoms with Gasteiger partial charge in [0.25, 0.3) is 0 Å². The van der Waals surface area contributed by atoms with E-state index in [0.717, 1.165) is 17.7 Å². The Hall–Kier alpha value is -2.66. The number of aryl methyl sites for hydroxylation is 1. The van der Waals surface area contributed by atoms with Crippen molar-refractivity contribution < 1.29 is 9.53 Å². The first-order chi connectivity index (χ1) is 12.1. The van der Waals surface area contributed by atoms with Crippen LogP contribution in [0.2, 0.25) is 5.02 Å². The minimum absolute atomic E-state index is 0.0933. The van der Waals surface area contributed by atoms with Crippen molar-refractivity contribution in [2.45, 2.75) is 26.9 Å². The summed E-state index contributed by atoms with van der Waals surface area (Å²) in [6, 6.07) is 15.2. The van der Waals surface area contributed by atoms with Crippen LogP contribution in [0.1, 0.15) is 34.2 Å². The van der Waals surface area contributed by atoms with Crippen molar-refractivity contribution >= 4 is 17.6 Å². The maximum absolute atomic E-state index is 12.3. The Morgan fingerprint density at radius 3 is 2.56 bits per heavy atom. The molecule has 0 radical (unpaired) electrons. The summed E-state index contributed by atoms with van der Waals surface area (Å²) in [5.41, 5.74) is 3.67. The lowest BCUT2D eigenvalue weighted by Gasteiger charge is -2.06. The standard InChI is InChI=1S/C19H18ClN3O2/c1-3-14-8-10-16(11-9-14)23-13(2)18(21-22-23)19(24)25-12-15-6-4-5-7-17(15)20/h4-11H,3,12H2,1-2H3. The molecule has 0 atom stereocenters. The number of hydrogen-bond acceptors (Lipinski definition) is 4. The second kappa shape index (κ2) is 7.49. The number of halogens is 1. The predicted molar refractivity (Wildman–Crippen MR) is 96.0 cm³/mol. The summed E-state index contributed by atoms with van der Waals surface area (Å²) >= 11 is 6.07. The third kappa shape index (κ3) is 3.72. The van der Waals surface area contributed by atoms with Gasteiger partial charge in [-0.3, -0.25) is 0 Å². The van der Waals surface area contributed by atoms with Crippen LogP contribution in [0.5, 0.6) is 0 Å². The Kier molecular flexibility index (Phi) is 5.14. The van der Waals surface area contributed by atoms with Crippen LogP contribution in [-0.4, -0.2) is 21.0 Å². The molecule has 3 aromatic rings. The fourth-order valence-corrected chi connectivity index (χ4v) is 2.65. The summed E-state index contributed by atoms with van der Waals surface area (Å²) in [4.78, 5) is 12.3. The molecule has 5 nitrogen and oxygen atoms in total. The maximum atomic E-state index is 12.3. The second-order valence-electron chi connectivity index (χ2n) is 5.62. The first-order valence-electron chi connectivity index (χ1n) is 8.02. The molecule has 6 heteroatoms. The van der Waals surface area contributed by atoms with E-state index in [-0.39, 0.29) is 12.3 Å². The van der Waals surface area contributed by atoms with Crippen molar-refractivity contribution in [3.05, 3.63) is 76.1 Å². The molecule has 0 unspecified atom stereocenters. The van der Waals surface area contributed by atoms with Crippen LogP contribution >= 0.6 is 11.6 Å². The Morgan fingerprint density at radius 1 is 1.16 bits per heavy atom. The smallest absolute Gasteiger partial charge is 0.361 e. The molecule has 0 bridgehead atoms. The molecule has 0 aliphatic carbocycles. The molecule has 0 N–H and O–H groups in total. The maximum Gasteiger partial charge on any atom is 0.361 e. The number of hydrogen-bond donors (Lipinski definition) is 0. The first-order valence-corrected chi connectivity index (χ1v) is 8.40. The van der Waals surface area contributed by atoms with Crippen LogP contribution in [0.4, 0.5) is 0 Å². The molecular weight excluding hydrogens is 338 g/mol. The van der Waals surface area contributed by atoms with Gasteiger partial charge < -0.3 is 4.74 Å². The zero-order chi connectivity index (χ0) is 17.8. The zero-order valence-electron chi connectivity index (χ0n) is 14.1. The molecule has 0 amide bonds. The molecule has 0 aliphatic rings. The molecule has 3 rings (SSSR count). The number of rotatable bonds is 5. The third-order valence-corrected chi connectivity index (χ3v) is 4.36. The van der Waals surface area contributed by atoms with Crippen LogP contribution < -0.4 is 0 Å². The molecule has 0 fully saturated rings. The predicted octanol–water partition coefficient (Wildman–Crippen LogP) is 4.15. The monoisotopic (exact) mass is 355 g/mol. The SMILES string of the molecule is CCc1ccc(-n2nnc(C(=O)OCc3ccccc3Cl)c2C)cc1. The quantitative estimate of drug-likeness (QED) is 0.645. The highest BCUT2D eigenvalue weighted by Gasteiger charge is 2.19. The van der Waals surface area contributed by atoms with Crippen molar-refractivity contribution in [1.29, 1.82) is 0 Å². The highest BCUT2D eigenvalue weighted by atomic mass is 35.5. The van der Waals surface area contributed by atoms with Gasteiger partial charge in [-0.1, -0.05) is 54.1 Å². The molecule has 0 aliphatic heterocycles. The van der Waals surface area contributed by atoms with Crippen LogP contribution in [0.15, 0.2) is 48.5 Å². The first kappa shape index (κ1) is 17.2. The van der Waals surface area contributed by atoms with Crippen LogP contribution in [-0.2, 0) is 17.8 Å². The van der Waals surface area contributed by atoms with Gasteiger partial charge in [-0.25, -0.2) is 9.48 Å². The molecule has 25 heavy (non-hydrogen) atoms. The molecule has 1 heterocycles. The summed E-state index contributed by atoms with van der Waals surface area (Å²) in [5.74, 6) is -0.520. The fraction of sp³-hybridized carbons (Fsp3) is 0.211. The van der Waals surface area contributed by atoms with Crippen molar-refractivity contribution in [2.24, 2.45) is 0 Å². The van der Waals surface area contributed by atoms with Gasteiger partial charge in [-0.15, -0.1) is 5.10 Å². The Balaban J connectivity index is 1.75. The lowest BCUT2D eigenvalue weighted by Crippen LogP contribution is -2.08. The van der Waals surface area contributed by atoms with Crippen molar-refractivity contribution in [2.75, 3.05) is 0 Å². The Bertz CT molecular complexity index is 888. The molecule has 128 valence electrons. The highest BCUT2D eigenvalue weighted by molar-refractivity contribution is 6.31. The van der Waals surface area contributed by atoms with Gasteiger partial charge in [0.1, 0.15) is 6.61 Å². The number of carbonyl (C=O) groups is 1. The van der Waals surface area contributed by atoms with Gasteiger partial charge in [0.2, 0.25) is 0 Å². The van der Waals surface area contributed by atoms with Gasteiger partial charge in [-0.05, 0) is 37.1 Å². The van der Waals surface area contributed by atoms with E-state index in [1.165, 1.54) is 5.56 Å². The summed E-state index contributed by atoms with van der Waals surface area (Å²) in [6.45, 7) is 3.98. The molecule has 1 aromatic heterocycles. The average molecular weight is 356 g/mol. The normalized spacial score (nSPS) is 10.7. The van der Waals surface area contributed by atoms with E-state index in [9.17, 15) is 4.79 Å². The lowest BCUT2D eigenvalue weighted by molar-refractivity contribution is 0.0465. The molecule has 0 saturated carbocycles. The van der Waals surface area contributed by atoms with E-state index in [0.29, 0.717) is 10.7 Å². The Morgan fingerprint density at radius 2 is 1.88 bits per heavy atom. The van der Waals surface area contributed by atoms with Gasteiger partial charge in [0.05, 0.1) is 11.4 Å². The fourth-order valence-electron chi connectivity index (χ4n) is 2.46. The largest absolute Gasteiger partial charge is 0.456 e. The molecule has 2 aromatic carbocycles. The van der Waals surface area contributed by atoms with Gasteiger partial charge in [0.15, 0.2) is 5.69 Å². The van der Waals surface area contributed by atoms with Gasteiger partial charge in [0, 0.05) is 10.6 Å². The second-order valence-corrected chi connectivity index (χ2v) is 6.03. The van der Waals surface area contributed by atoms with Crippen LogP contribution in [0.25, 0.3) is 5.69 Å². The lowest BCUT2D eigenvalue weighted by atomic mass is 10.1. The number of benzene rings is 2. The average Bonchev–Trinajstić information content (AvgIpc) is 3.02. The van der Waals surface area contributed by atoms with Crippen LogP contribution in [0, 0.1) is 6.92 Å².